The smallest absolute Gasteiger partial charge is 0.122 e. The number of para-hydroxylation sites is 1. The van der Waals surface area contributed by atoms with Crippen LogP contribution >= 0.6 is 0 Å². The summed E-state index contributed by atoms with van der Waals surface area (Å²) in [7, 11) is 0. The molecule has 0 amide bonds. The zero-order chi connectivity index (χ0) is 13.2. The highest BCUT2D eigenvalue weighted by Gasteiger charge is 2.06. The lowest BCUT2D eigenvalue weighted by Crippen LogP contribution is -2.14. The van der Waals surface area contributed by atoms with Gasteiger partial charge in [-0.25, -0.2) is 0 Å². The average molecular weight is 249 g/mol. The monoisotopic (exact) mass is 249 g/mol. The lowest BCUT2D eigenvalue weighted by Gasteiger charge is -2.13. The molecule has 1 aromatic carbocycles. The number of unbranched alkanes of at least 4 members (excludes halogenated alkanes) is 2. The molecule has 0 saturated carbocycles. The van der Waals surface area contributed by atoms with Crippen LogP contribution in [0.5, 0.6) is 5.75 Å². The molecule has 0 radical (unpaired) electrons. The van der Waals surface area contributed by atoms with Crippen molar-refractivity contribution in [2.24, 2.45) is 0 Å². The quantitative estimate of drug-likeness (QED) is 0.669. The van der Waals surface area contributed by atoms with Gasteiger partial charge in [0.05, 0.1) is 6.61 Å². The predicted molar refractivity (Wildman–Crippen MR) is 78.4 cm³/mol. The molecule has 0 bridgehead atoms. The molecule has 0 aromatic heterocycles. The molecule has 102 valence electrons. The van der Waals surface area contributed by atoms with E-state index in [1.807, 2.05) is 6.07 Å². The van der Waals surface area contributed by atoms with Gasteiger partial charge in [0.25, 0.3) is 0 Å². The summed E-state index contributed by atoms with van der Waals surface area (Å²) < 4.78 is 5.88. The van der Waals surface area contributed by atoms with Gasteiger partial charge in [0.2, 0.25) is 0 Å². The van der Waals surface area contributed by atoms with Crippen molar-refractivity contribution in [1.29, 1.82) is 0 Å². The Hall–Kier alpha value is -1.02. The minimum absolute atomic E-state index is 0.523. The minimum atomic E-state index is 0.523. The number of hydrogen-bond acceptors (Lipinski definition) is 2. The van der Waals surface area contributed by atoms with Gasteiger partial charge in [-0.15, -0.1) is 0 Å². The maximum Gasteiger partial charge on any atom is 0.122 e. The molecule has 1 rings (SSSR count). The summed E-state index contributed by atoms with van der Waals surface area (Å²) in [5, 5.41) is 3.34. The molecular weight excluding hydrogens is 222 g/mol. The standard InChI is InChI=1S/C16H27NO/c1-4-17-12-8-5-9-13-18-16-11-7-6-10-15(16)14(2)3/h6-7,10-11,14,17H,4-5,8-9,12-13H2,1-3H3. The van der Waals surface area contributed by atoms with E-state index in [4.69, 9.17) is 4.74 Å². The zero-order valence-electron chi connectivity index (χ0n) is 12.0. The minimum Gasteiger partial charge on any atom is -0.493 e. The third-order valence-corrected chi connectivity index (χ3v) is 3.05. The molecule has 0 fully saturated rings. The summed E-state index contributed by atoms with van der Waals surface area (Å²) in [5.74, 6) is 1.58. The lowest BCUT2D eigenvalue weighted by atomic mass is 10.0. The number of hydrogen-bond donors (Lipinski definition) is 1. The topological polar surface area (TPSA) is 21.3 Å². The molecule has 1 aromatic rings. The van der Waals surface area contributed by atoms with Crippen LogP contribution in [0.15, 0.2) is 24.3 Å². The van der Waals surface area contributed by atoms with Crippen LogP contribution in [-0.4, -0.2) is 19.7 Å². The van der Waals surface area contributed by atoms with Crippen molar-refractivity contribution in [2.75, 3.05) is 19.7 Å². The molecule has 0 aliphatic heterocycles. The lowest BCUT2D eigenvalue weighted by molar-refractivity contribution is 0.301. The molecule has 0 aliphatic rings. The van der Waals surface area contributed by atoms with Gasteiger partial charge in [-0.1, -0.05) is 39.0 Å². The van der Waals surface area contributed by atoms with Gasteiger partial charge in [0.1, 0.15) is 5.75 Å². The first-order valence-corrected chi connectivity index (χ1v) is 7.18. The van der Waals surface area contributed by atoms with Crippen molar-refractivity contribution in [1.82, 2.24) is 5.32 Å². The van der Waals surface area contributed by atoms with Crippen molar-refractivity contribution in [3.8, 4) is 5.75 Å². The van der Waals surface area contributed by atoms with Crippen LogP contribution in [0.2, 0.25) is 0 Å². The molecular formula is C16H27NO. The van der Waals surface area contributed by atoms with Crippen molar-refractivity contribution >= 4 is 0 Å². The van der Waals surface area contributed by atoms with E-state index >= 15 is 0 Å². The van der Waals surface area contributed by atoms with Crippen LogP contribution < -0.4 is 10.1 Å². The van der Waals surface area contributed by atoms with Crippen LogP contribution in [0.1, 0.15) is 51.5 Å². The van der Waals surface area contributed by atoms with Crippen LogP contribution in [-0.2, 0) is 0 Å². The Morgan fingerprint density at radius 3 is 2.61 bits per heavy atom. The van der Waals surface area contributed by atoms with E-state index in [-0.39, 0.29) is 0 Å². The van der Waals surface area contributed by atoms with Gasteiger partial charge >= 0.3 is 0 Å². The van der Waals surface area contributed by atoms with Crippen LogP contribution in [0.4, 0.5) is 0 Å². The molecule has 0 aliphatic carbocycles. The summed E-state index contributed by atoms with van der Waals surface area (Å²) >= 11 is 0. The molecule has 0 atom stereocenters. The third-order valence-electron chi connectivity index (χ3n) is 3.05. The highest BCUT2D eigenvalue weighted by atomic mass is 16.5. The van der Waals surface area contributed by atoms with E-state index < -0.39 is 0 Å². The fourth-order valence-electron chi connectivity index (χ4n) is 1.98. The largest absolute Gasteiger partial charge is 0.493 e. The van der Waals surface area contributed by atoms with E-state index in [0.717, 1.165) is 31.9 Å². The van der Waals surface area contributed by atoms with Gasteiger partial charge in [-0.3, -0.25) is 0 Å². The van der Waals surface area contributed by atoms with Gasteiger partial charge in [-0.05, 0) is 49.9 Å². The molecule has 1 N–H and O–H groups in total. The summed E-state index contributed by atoms with van der Waals surface area (Å²) in [4.78, 5) is 0. The number of rotatable bonds is 9. The Morgan fingerprint density at radius 1 is 1.11 bits per heavy atom. The van der Waals surface area contributed by atoms with Crippen LogP contribution in [0.25, 0.3) is 0 Å². The highest BCUT2D eigenvalue weighted by Crippen LogP contribution is 2.25. The average Bonchev–Trinajstić information content (AvgIpc) is 2.38. The molecule has 0 saturated heterocycles. The second-order valence-electron chi connectivity index (χ2n) is 4.96. The maximum atomic E-state index is 5.88. The second kappa shape index (κ2) is 8.98. The normalized spacial score (nSPS) is 10.9. The first-order valence-electron chi connectivity index (χ1n) is 7.18. The van der Waals surface area contributed by atoms with Crippen molar-refractivity contribution in [3.05, 3.63) is 29.8 Å². The fraction of sp³-hybridized carbons (Fsp3) is 0.625. The summed E-state index contributed by atoms with van der Waals surface area (Å²) in [6.07, 6.45) is 3.61. The summed E-state index contributed by atoms with van der Waals surface area (Å²) in [6, 6.07) is 8.37. The van der Waals surface area contributed by atoms with E-state index in [9.17, 15) is 0 Å². The number of ether oxygens (including phenoxy) is 1. The summed E-state index contributed by atoms with van der Waals surface area (Å²) in [5.41, 5.74) is 1.31. The van der Waals surface area contributed by atoms with Crippen LogP contribution in [0, 0.1) is 0 Å². The Bertz CT molecular complexity index is 323. The first kappa shape index (κ1) is 15.0. The zero-order valence-corrected chi connectivity index (χ0v) is 12.0. The number of nitrogens with one attached hydrogen (secondary N) is 1. The van der Waals surface area contributed by atoms with Gasteiger partial charge in [-0.2, -0.15) is 0 Å². The molecule has 18 heavy (non-hydrogen) atoms. The van der Waals surface area contributed by atoms with Crippen LogP contribution in [0.3, 0.4) is 0 Å². The van der Waals surface area contributed by atoms with Crippen molar-refractivity contribution < 1.29 is 4.74 Å². The predicted octanol–water partition coefficient (Wildman–Crippen LogP) is 3.97. The van der Waals surface area contributed by atoms with Gasteiger partial charge in [0, 0.05) is 0 Å². The Morgan fingerprint density at radius 2 is 1.89 bits per heavy atom. The van der Waals surface area contributed by atoms with E-state index in [2.05, 4.69) is 44.3 Å². The molecule has 2 nitrogen and oxygen atoms in total. The first-order chi connectivity index (χ1) is 8.75. The highest BCUT2D eigenvalue weighted by molar-refractivity contribution is 5.35. The molecule has 0 spiro atoms. The second-order valence-corrected chi connectivity index (χ2v) is 4.96. The summed E-state index contributed by atoms with van der Waals surface area (Å²) in [6.45, 7) is 9.58. The maximum absolute atomic E-state index is 5.88. The molecule has 0 heterocycles. The third kappa shape index (κ3) is 5.54. The molecule has 2 heteroatoms. The van der Waals surface area contributed by atoms with E-state index in [1.165, 1.54) is 18.4 Å². The van der Waals surface area contributed by atoms with Gasteiger partial charge < -0.3 is 10.1 Å². The Kier molecular flexibility index (Phi) is 7.51. The number of benzene rings is 1. The molecule has 0 unspecified atom stereocenters. The Balaban J connectivity index is 2.23. The SMILES string of the molecule is CCNCCCCCOc1ccccc1C(C)C. The van der Waals surface area contributed by atoms with E-state index in [1.54, 1.807) is 0 Å². The van der Waals surface area contributed by atoms with Gasteiger partial charge in [0.15, 0.2) is 0 Å². The Labute approximate surface area is 112 Å². The van der Waals surface area contributed by atoms with Crippen molar-refractivity contribution in [2.45, 2.75) is 46.0 Å². The fourth-order valence-corrected chi connectivity index (χ4v) is 1.98. The van der Waals surface area contributed by atoms with E-state index in [0.29, 0.717) is 5.92 Å². The van der Waals surface area contributed by atoms with Crippen molar-refractivity contribution in [3.63, 3.8) is 0 Å².